The van der Waals surface area contributed by atoms with E-state index in [0.717, 1.165) is 10.8 Å². The van der Waals surface area contributed by atoms with E-state index in [-0.39, 0.29) is 16.6 Å². The molecule has 0 saturated carbocycles. The molecule has 0 radical (unpaired) electrons. The molecule has 0 N–H and O–H groups in total. The summed E-state index contributed by atoms with van der Waals surface area (Å²) in [6, 6.07) is 17.5. The Bertz CT molecular complexity index is 1060. The summed E-state index contributed by atoms with van der Waals surface area (Å²) in [5.74, 6) is -0.436. The van der Waals surface area contributed by atoms with Gasteiger partial charge in [-0.05, 0) is 22.9 Å². The quantitative estimate of drug-likeness (QED) is 0.473. The molecule has 0 aliphatic carbocycles. The standard InChI is InChI=1S/C19H11FO2/c20-16-8-4-3-7-14(16)15-11-22-17-10-9-12-5-1-2-6-13(12)18(17)19(15)21/h1-11H. The third-order valence-corrected chi connectivity index (χ3v) is 3.83. The molecule has 0 aliphatic heterocycles. The summed E-state index contributed by atoms with van der Waals surface area (Å²) in [4.78, 5) is 12.9. The molecular formula is C19H11FO2. The predicted molar refractivity (Wildman–Crippen MR) is 85.4 cm³/mol. The molecule has 0 aliphatic rings. The van der Waals surface area contributed by atoms with Gasteiger partial charge in [-0.25, -0.2) is 4.39 Å². The van der Waals surface area contributed by atoms with E-state index in [2.05, 4.69) is 0 Å². The van der Waals surface area contributed by atoms with Crippen LogP contribution in [-0.2, 0) is 0 Å². The topological polar surface area (TPSA) is 30.2 Å². The number of hydrogen-bond donors (Lipinski definition) is 0. The van der Waals surface area contributed by atoms with E-state index < -0.39 is 5.82 Å². The van der Waals surface area contributed by atoms with Crippen LogP contribution in [0.5, 0.6) is 0 Å². The van der Waals surface area contributed by atoms with Crippen molar-refractivity contribution in [2.45, 2.75) is 0 Å². The fraction of sp³-hybridized carbons (Fsp3) is 0. The minimum atomic E-state index is -0.436. The number of benzene rings is 3. The van der Waals surface area contributed by atoms with Gasteiger partial charge in [0.2, 0.25) is 5.43 Å². The first-order chi connectivity index (χ1) is 10.8. The first-order valence-electron chi connectivity index (χ1n) is 6.94. The van der Waals surface area contributed by atoms with Crippen LogP contribution in [0.3, 0.4) is 0 Å². The lowest BCUT2D eigenvalue weighted by Crippen LogP contribution is -2.06. The zero-order valence-electron chi connectivity index (χ0n) is 11.5. The second-order valence-corrected chi connectivity index (χ2v) is 5.12. The Kier molecular flexibility index (Phi) is 2.79. The number of rotatable bonds is 1. The van der Waals surface area contributed by atoms with E-state index in [9.17, 15) is 9.18 Å². The Balaban J connectivity index is 2.16. The molecule has 1 aromatic heterocycles. The Hall–Kier alpha value is -2.94. The van der Waals surface area contributed by atoms with Gasteiger partial charge in [-0.15, -0.1) is 0 Å². The van der Waals surface area contributed by atoms with Crippen LogP contribution in [0.2, 0.25) is 0 Å². The highest BCUT2D eigenvalue weighted by Gasteiger charge is 2.14. The van der Waals surface area contributed by atoms with Crippen molar-refractivity contribution in [1.29, 1.82) is 0 Å². The molecule has 22 heavy (non-hydrogen) atoms. The lowest BCUT2D eigenvalue weighted by atomic mass is 10.0. The Labute approximate surface area is 125 Å². The number of hydrogen-bond acceptors (Lipinski definition) is 2. The maximum absolute atomic E-state index is 14.0. The maximum Gasteiger partial charge on any atom is 0.201 e. The van der Waals surface area contributed by atoms with Crippen molar-refractivity contribution in [3.8, 4) is 11.1 Å². The molecule has 4 aromatic rings. The molecule has 4 rings (SSSR count). The van der Waals surface area contributed by atoms with Crippen molar-refractivity contribution in [2.75, 3.05) is 0 Å². The first kappa shape index (κ1) is 12.8. The molecule has 0 unspecified atom stereocenters. The van der Waals surface area contributed by atoms with Crippen LogP contribution in [0, 0.1) is 5.82 Å². The van der Waals surface area contributed by atoms with Crippen LogP contribution >= 0.6 is 0 Å². The van der Waals surface area contributed by atoms with Gasteiger partial charge in [-0.1, -0.05) is 48.5 Å². The van der Waals surface area contributed by atoms with Gasteiger partial charge in [0, 0.05) is 5.56 Å². The molecule has 0 spiro atoms. The lowest BCUT2D eigenvalue weighted by Gasteiger charge is -2.06. The number of fused-ring (bicyclic) bond motifs is 3. The van der Waals surface area contributed by atoms with Crippen molar-refractivity contribution >= 4 is 21.7 Å². The molecule has 0 fully saturated rings. The van der Waals surface area contributed by atoms with E-state index in [1.165, 1.54) is 12.3 Å². The molecular weight excluding hydrogens is 279 g/mol. The SMILES string of the molecule is O=c1c(-c2ccccc2F)coc2ccc3ccccc3c12. The Morgan fingerprint density at radius 1 is 0.818 bits per heavy atom. The molecule has 3 aromatic carbocycles. The first-order valence-corrected chi connectivity index (χ1v) is 6.94. The molecule has 0 amide bonds. The van der Waals surface area contributed by atoms with Crippen molar-refractivity contribution in [2.24, 2.45) is 0 Å². The molecule has 1 heterocycles. The molecule has 0 bridgehead atoms. The van der Waals surface area contributed by atoms with Crippen LogP contribution in [0.25, 0.3) is 32.9 Å². The van der Waals surface area contributed by atoms with Gasteiger partial charge in [0.15, 0.2) is 0 Å². The average molecular weight is 290 g/mol. The Morgan fingerprint density at radius 3 is 2.45 bits per heavy atom. The summed E-state index contributed by atoms with van der Waals surface area (Å²) >= 11 is 0. The van der Waals surface area contributed by atoms with E-state index in [1.54, 1.807) is 24.3 Å². The van der Waals surface area contributed by atoms with Crippen molar-refractivity contribution in [1.82, 2.24) is 0 Å². The third-order valence-electron chi connectivity index (χ3n) is 3.83. The monoisotopic (exact) mass is 290 g/mol. The smallest absolute Gasteiger partial charge is 0.201 e. The van der Waals surface area contributed by atoms with Gasteiger partial charge in [0.25, 0.3) is 0 Å². The van der Waals surface area contributed by atoms with Crippen molar-refractivity contribution in [3.05, 3.63) is 83.0 Å². The number of halogens is 1. The predicted octanol–water partition coefficient (Wildman–Crippen LogP) is 4.75. The molecule has 106 valence electrons. The summed E-state index contributed by atoms with van der Waals surface area (Å²) < 4.78 is 19.6. The van der Waals surface area contributed by atoms with Crippen LogP contribution in [0.15, 0.2) is 76.1 Å². The summed E-state index contributed by atoms with van der Waals surface area (Å²) in [7, 11) is 0. The highest BCUT2D eigenvalue weighted by Crippen LogP contribution is 2.26. The maximum atomic E-state index is 14.0. The van der Waals surface area contributed by atoms with Gasteiger partial charge < -0.3 is 4.42 Å². The third kappa shape index (κ3) is 1.83. The van der Waals surface area contributed by atoms with Crippen molar-refractivity contribution in [3.63, 3.8) is 0 Å². The van der Waals surface area contributed by atoms with E-state index in [0.29, 0.717) is 11.0 Å². The zero-order valence-corrected chi connectivity index (χ0v) is 11.5. The fourth-order valence-electron chi connectivity index (χ4n) is 2.76. The largest absolute Gasteiger partial charge is 0.463 e. The van der Waals surface area contributed by atoms with Gasteiger partial charge in [0.05, 0.1) is 10.9 Å². The minimum absolute atomic E-state index is 0.219. The Morgan fingerprint density at radius 2 is 1.59 bits per heavy atom. The summed E-state index contributed by atoms with van der Waals surface area (Å²) in [6.07, 6.45) is 1.33. The normalized spacial score (nSPS) is 11.1. The summed E-state index contributed by atoms with van der Waals surface area (Å²) in [5, 5.41) is 2.25. The highest BCUT2D eigenvalue weighted by molar-refractivity contribution is 6.06. The molecule has 0 atom stereocenters. The fourth-order valence-corrected chi connectivity index (χ4v) is 2.76. The van der Waals surface area contributed by atoms with Gasteiger partial charge in [-0.3, -0.25) is 4.79 Å². The van der Waals surface area contributed by atoms with Crippen LogP contribution in [-0.4, -0.2) is 0 Å². The highest BCUT2D eigenvalue weighted by atomic mass is 19.1. The van der Waals surface area contributed by atoms with Gasteiger partial charge in [-0.2, -0.15) is 0 Å². The average Bonchev–Trinajstić information content (AvgIpc) is 2.56. The molecule has 2 nitrogen and oxygen atoms in total. The minimum Gasteiger partial charge on any atom is -0.463 e. The van der Waals surface area contributed by atoms with Crippen molar-refractivity contribution < 1.29 is 8.81 Å². The van der Waals surface area contributed by atoms with Gasteiger partial charge >= 0.3 is 0 Å². The molecule has 3 heteroatoms. The lowest BCUT2D eigenvalue weighted by molar-refractivity contribution is 0.601. The molecule has 0 saturated heterocycles. The van der Waals surface area contributed by atoms with E-state index in [4.69, 9.17) is 4.42 Å². The zero-order chi connectivity index (χ0) is 15.1. The van der Waals surface area contributed by atoms with Gasteiger partial charge in [0.1, 0.15) is 17.7 Å². The second kappa shape index (κ2) is 4.81. The summed E-state index contributed by atoms with van der Waals surface area (Å²) in [6.45, 7) is 0. The van der Waals surface area contributed by atoms with E-state index >= 15 is 0 Å². The van der Waals surface area contributed by atoms with Crippen LogP contribution in [0.1, 0.15) is 0 Å². The van der Waals surface area contributed by atoms with E-state index in [1.807, 2.05) is 30.3 Å². The van der Waals surface area contributed by atoms with Crippen LogP contribution < -0.4 is 5.43 Å². The summed E-state index contributed by atoms with van der Waals surface area (Å²) in [5.41, 5.74) is 0.778. The second-order valence-electron chi connectivity index (χ2n) is 5.12. The van der Waals surface area contributed by atoms with Crippen LogP contribution in [0.4, 0.5) is 4.39 Å².